The number of aliphatic hydroxyl groups is 1. The molecule has 2 rings (SSSR count). The predicted molar refractivity (Wildman–Crippen MR) is 64.6 cm³/mol. The van der Waals surface area contributed by atoms with Gasteiger partial charge in [-0.1, -0.05) is 6.42 Å². The number of carbonyl (C=O) groups is 1. The second-order valence-electron chi connectivity index (χ2n) is 5.24. The molecule has 98 valence electrons. The van der Waals surface area contributed by atoms with Gasteiger partial charge in [0.1, 0.15) is 0 Å². The largest absolute Gasteiger partial charge is 0.393 e. The molecule has 0 radical (unpaired) electrons. The zero-order valence-corrected chi connectivity index (χ0v) is 10.4. The lowest BCUT2D eigenvalue weighted by Gasteiger charge is -2.15. The second kappa shape index (κ2) is 6.36. The predicted octanol–water partition coefficient (Wildman–Crippen LogP) is 1.22. The van der Waals surface area contributed by atoms with Gasteiger partial charge in [0, 0.05) is 25.5 Å². The maximum atomic E-state index is 11.6. The summed E-state index contributed by atoms with van der Waals surface area (Å²) in [5.41, 5.74) is 0. The lowest BCUT2D eigenvalue weighted by molar-refractivity contribution is -0.122. The van der Waals surface area contributed by atoms with E-state index in [1.807, 2.05) is 0 Å². The van der Waals surface area contributed by atoms with Crippen molar-refractivity contribution in [3.05, 3.63) is 0 Å². The Hall–Kier alpha value is -0.610. The van der Waals surface area contributed by atoms with Gasteiger partial charge >= 0.3 is 0 Å². The Bertz CT molecular complexity index is 251. The van der Waals surface area contributed by atoms with Crippen LogP contribution < -0.4 is 5.32 Å². The average molecular weight is 241 g/mol. The molecule has 3 atom stereocenters. The highest BCUT2D eigenvalue weighted by molar-refractivity contribution is 5.75. The van der Waals surface area contributed by atoms with E-state index in [1.54, 1.807) is 0 Å². The first-order valence-electron chi connectivity index (χ1n) is 6.82. The highest BCUT2D eigenvalue weighted by Gasteiger charge is 2.25. The molecule has 1 saturated carbocycles. The molecule has 2 fully saturated rings. The molecular formula is C13H23NO3. The van der Waals surface area contributed by atoms with Crippen LogP contribution in [0.4, 0.5) is 0 Å². The van der Waals surface area contributed by atoms with Gasteiger partial charge in [0.2, 0.25) is 5.91 Å². The van der Waals surface area contributed by atoms with Gasteiger partial charge in [0.15, 0.2) is 0 Å². The average Bonchev–Trinajstić information content (AvgIpc) is 2.95. The summed E-state index contributed by atoms with van der Waals surface area (Å²) in [7, 11) is 0. The Labute approximate surface area is 103 Å². The van der Waals surface area contributed by atoms with Crippen LogP contribution in [-0.4, -0.2) is 36.4 Å². The fourth-order valence-corrected chi connectivity index (χ4v) is 2.75. The van der Waals surface area contributed by atoms with Gasteiger partial charge in [-0.3, -0.25) is 4.79 Å². The van der Waals surface area contributed by atoms with Gasteiger partial charge in [-0.05, 0) is 32.1 Å². The number of amides is 1. The molecule has 0 aromatic heterocycles. The van der Waals surface area contributed by atoms with E-state index in [2.05, 4.69) is 5.32 Å². The summed E-state index contributed by atoms with van der Waals surface area (Å²) >= 11 is 0. The molecule has 17 heavy (non-hydrogen) atoms. The number of ether oxygens (including phenoxy) is 1. The van der Waals surface area contributed by atoms with Crippen LogP contribution in [-0.2, 0) is 9.53 Å². The van der Waals surface area contributed by atoms with Crippen LogP contribution in [0.1, 0.15) is 44.9 Å². The van der Waals surface area contributed by atoms with Crippen LogP contribution >= 0.6 is 0 Å². The minimum Gasteiger partial charge on any atom is -0.393 e. The molecule has 4 nitrogen and oxygen atoms in total. The van der Waals surface area contributed by atoms with Crippen molar-refractivity contribution in [3.8, 4) is 0 Å². The molecular weight excluding hydrogens is 218 g/mol. The highest BCUT2D eigenvalue weighted by atomic mass is 16.5. The van der Waals surface area contributed by atoms with Gasteiger partial charge in [-0.25, -0.2) is 0 Å². The van der Waals surface area contributed by atoms with Crippen molar-refractivity contribution in [2.45, 2.75) is 57.2 Å². The van der Waals surface area contributed by atoms with Gasteiger partial charge < -0.3 is 15.2 Å². The number of rotatable bonds is 5. The topological polar surface area (TPSA) is 58.6 Å². The SMILES string of the molecule is O=C(CCC1CCCO1)NCC1CCCC1O. The fraction of sp³-hybridized carbons (Fsp3) is 0.923. The van der Waals surface area contributed by atoms with Crippen molar-refractivity contribution >= 4 is 5.91 Å². The second-order valence-corrected chi connectivity index (χ2v) is 5.24. The molecule has 4 heteroatoms. The van der Waals surface area contributed by atoms with Crippen molar-refractivity contribution in [1.29, 1.82) is 0 Å². The van der Waals surface area contributed by atoms with E-state index in [9.17, 15) is 9.90 Å². The Morgan fingerprint density at radius 1 is 1.29 bits per heavy atom. The molecule has 1 amide bonds. The van der Waals surface area contributed by atoms with E-state index in [1.165, 1.54) is 0 Å². The van der Waals surface area contributed by atoms with Gasteiger partial charge in [0.05, 0.1) is 12.2 Å². The Morgan fingerprint density at radius 2 is 2.18 bits per heavy atom. The maximum absolute atomic E-state index is 11.6. The molecule has 2 aliphatic rings. The summed E-state index contributed by atoms with van der Waals surface area (Å²) in [6.07, 6.45) is 6.68. The standard InChI is InChI=1S/C13H23NO3/c15-12-5-1-3-10(12)9-14-13(16)7-6-11-4-2-8-17-11/h10-12,15H,1-9H2,(H,14,16). The first-order chi connectivity index (χ1) is 8.25. The summed E-state index contributed by atoms with van der Waals surface area (Å²) in [6.45, 7) is 1.48. The van der Waals surface area contributed by atoms with Crippen LogP contribution in [0.2, 0.25) is 0 Å². The fourth-order valence-electron chi connectivity index (χ4n) is 2.75. The Morgan fingerprint density at radius 3 is 2.82 bits per heavy atom. The van der Waals surface area contributed by atoms with Gasteiger partial charge in [0.25, 0.3) is 0 Å². The number of nitrogens with one attached hydrogen (secondary N) is 1. The molecule has 0 aromatic rings. The molecule has 0 bridgehead atoms. The van der Waals surface area contributed by atoms with E-state index in [-0.39, 0.29) is 24.0 Å². The summed E-state index contributed by atoms with van der Waals surface area (Å²) in [5.74, 6) is 0.362. The number of aliphatic hydroxyl groups excluding tert-OH is 1. The van der Waals surface area contributed by atoms with Crippen molar-refractivity contribution in [3.63, 3.8) is 0 Å². The highest BCUT2D eigenvalue weighted by Crippen LogP contribution is 2.24. The minimum absolute atomic E-state index is 0.0969. The van der Waals surface area contributed by atoms with E-state index in [0.717, 1.165) is 45.1 Å². The third kappa shape index (κ3) is 3.96. The van der Waals surface area contributed by atoms with Crippen molar-refractivity contribution in [1.82, 2.24) is 5.32 Å². The van der Waals surface area contributed by atoms with E-state index < -0.39 is 0 Å². The molecule has 0 aromatic carbocycles. The van der Waals surface area contributed by atoms with Crippen LogP contribution in [0, 0.1) is 5.92 Å². The molecule has 1 saturated heterocycles. The van der Waals surface area contributed by atoms with Crippen LogP contribution in [0.15, 0.2) is 0 Å². The van der Waals surface area contributed by atoms with Crippen molar-refractivity contribution < 1.29 is 14.6 Å². The van der Waals surface area contributed by atoms with E-state index in [4.69, 9.17) is 4.74 Å². The summed E-state index contributed by atoms with van der Waals surface area (Å²) < 4.78 is 5.48. The van der Waals surface area contributed by atoms with Crippen LogP contribution in [0.3, 0.4) is 0 Å². The lowest BCUT2D eigenvalue weighted by Crippen LogP contribution is -2.32. The van der Waals surface area contributed by atoms with Crippen molar-refractivity contribution in [2.75, 3.05) is 13.2 Å². The molecule has 0 spiro atoms. The Kier molecular flexibility index (Phi) is 4.80. The first kappa shape index (κ1) is 12.8. The van der Waals surface area contributed by atoms with Crippen LogP contribution in [0.5, 0.6) is 0 Å². The molecule has 1 aliphatic carbocycles. The zero-order chi connectivity index (χ0) is 12.1. The summed E-state index contributed by atoms with van der Waals surface area (Å²) in [6, 6.07) is 0. The lowest BCUT2D eigenvalue weighted by atomic mass is 10.1. The van der Waals surface area contributed by atoms with E-state index in [0.29, 0.717) is 13.0 Å². The molecule has 3 unspecified atom stereocenters. The maximum Gasteiger partial charge on any atom is 0.220 e. The molecule has 2 N–H and O–H groups in total. The third-order valence-corrected chi connectivity index (χ3v) is 3.90. The minimum atomic E-state index is -0.214. The van der Waals surface area contributed by atoms with Gasteiger partial charge in [-0.15, -0.1) is 0 Å². The number of hydrogen-bond donors (Lipinski definition) is 2. The normalized spacial score (nSPS) is 32.9. The third-order valence-electron chi connectivity index (χ3n) is 3.90. The first-order valence-corrected chi connectivity index (χ1v) is 6.82. The van der Waals surface area contributed by atoms with Crippen molar-refractivity contribution in [2.24, 2.45) is 5.92 Å². The zero-order valence-electron chi connectivity index (χ0n) is 10.4. The monoisotopic (exact) mass is 241 g/mol. The van der Waals surface area contributed by atoms with Gasteiger partial charge in [-0.2, -0.15) is 0 Å². The van der Waals surface area contributed by atoms with E-state index >= 15 is 0 Å². The quantitative estimate of drug-likeness (QED) is 0.761. The number of carbonyl (C=O) groups excluding carboxylic acids is 1. The summed E-state index contributed by atoms with van der Waals surface area (Å²) in [4.78, 5) is 11.6. The van der Waals surface area contributed by atoms with Crippen LogP contribution in [0.25, 0.3) is 0 Å². The molecule has 1 heterocycles. The molecule has 1 aliphatic heterocycles. The number of hydrogen-bond acceptors (Lipinski definition) is 3. The summed E-state index contributed by atoms with van der Waals surface area (Å²) in [5, 5.41) is 12.6. The Balaban J connectivity index is 1.57. The smallest absolute Gasteiger partial charge is 0.220 e.